The number of carboxylic acid groups (broad SMARTS) is 1. The number of hydrogen-bond donors (Lipinski definition) is 1. The van der Waals surface area contributed by atoms with Gasteiger partial charge in [-0.15, -0.1) is 0 Å². The van der Waals surface area contributed by atoms with Crippen molar-refractivity contribution in [2.24, 2.45) is 0 Å². The molecule has 0 amide bonds. The lowest BCUT2D eigenvalue weighted by Gasteiger charge is -2.10. The molecule has 9 nitrogen and oxygen atoms in total. The average Bonchev–Trinajstić information content (AvgIpc) is 2.43. The molecule has 114 valence electrons. The van der Waals surface area contributed by atoms with Gasteiger partial charge >= 0.3 is 11.9 Å². The van der Waals surface area contributed by atoms with E-state index in [1.807, 2.05) is 0 Å². The highest BCUT2D eigenvalue weighted by Gasteiger charge is 2.21. The number of nitro benzene ring substituents is 1. The van der Waals surface area contributed by atoms with E-state index in [4.69, 9.17) is 14.6 Å². The molecule has 0 bridgehead atoms. The molecule has 0 aliphatic carbocycles. The third-order valence-corrected chi connectivity index (χ3v) is 2.47. The molecule has 0 heterocycles. The lowest BCUT2D eigenvalue weighted by molar-refractivity contribution is -0.385. The van der Waals surface area contributed by atoms with Crippen LogP contribution in [0.2, 0.25) is 0 Å². The van der Waals surface area contributed by atoms with Gasteiger partial charge in [0, 0.05) is 0 Å². The number of aliphatic carboxylic acids is 1. The maximum atomic E-state index is 11.2. The third kappa shape index (κ3) is 4.34. The highest BCUT2D eigenvalue weighted by Crippen LogP contribution is 2.34. The van der Waals surface area contributed by atoms with E-state index in [0.29, 0.717) is 0 Å². The molecule has 0 aliphatic rings. The number of rotatable bonds is 7. The second-order valence-corrected chi connectivity index (χ2v) is 3.82. The van der Waals surface area contributed by atoms with Crippen LogP contribution < -0.4 is 9.47 Å². The lowest BCUT2D eigenvalue weighted by Crippen LogP contribution is -2.11. The van der Waals surface area contributed by atoms with E-state index in [1.165, 1.54) is 20.3 Å². The molecule has 0 saturated carbocycles. The molecule has 0 unspecified atom stereocenters. The van der Waals surface area contributed by atoms with Crippen LogP contribution in [-0.4, -0.2) is 36.2 Å². The van der Waals surface area contributed by atoms with Gasteiger partial charge in [-0.1, -0.05) is 0 Å². The Kier molecular flexibility index (Phi) is 5.47. The zero-order valence-electron chi connectivity index (χ0n) is 11.3. The summed E-state index contributed by atoms with van der Waals surface area (Å²) < 4.78 is 14.6. The summed E-state index contributed by atoms with van der Waals surface area (Å²) in [5, 5.41) is 19.4. The van der Waals surface area contributed by atoms with Crippen molar-refractivity contribution in [1.29, 1.82) is 0 Å². The summed E-state index contributed by atoms with van der Waals surface area (Å²) in [5.74, 6) is -1.95. The summed E-state index contributed by atoms with van der Waals surface area (Å²) in [4.78, 5) is 31.8. The Labute approximate surface area is 119 Å². The first-order chi connectivity index (χ1) is 9.88. The maximum Gasteiger partial charge on any atom is 0.317 e. The van der Waals surface area contributed by atoms with Gasteiger partial charge < -0.3 is 19.3 Å². The van der Waals surface area contributed by atoms with Crippen LogP contribution in [0.25, 0.3) is 0 Å². The van der Waals surface area contributed by atoms with E-state index in [2.05, 4.69) is 4.74 Å². The van der Waals surface area contributed by atoms with Gasteiger partial charge in [-0.05, 0) is 6.07 Å². The Balaban J connectivity index is 3.01. The Morgan fingerprint density at radius 3 is 2.29 bits per heavy atom. The quantitative estimate of drug-likeness (QED) is 0.343. The molecule has 1 aromatic rings. The standard InChI is InChI=1S/C12H13NO8/c1-19-9-3-7(6-21-12(16)5-11(14)15)8(13(17)18)4-10(9)20-2/h3-4H,5-6H2,1-2H3,(H,14,15). The van der Waals surface area contributed by atoms with Gasteiger partial charge in [0.1, 0.15) is 13.0 Å². The molecule has 9 heteroatoms. The Morgan fingerprint density at radius 1 is 1.24 bits per heavy atom. The van der Waals surface area contributed by atoms with Crippen LogP contribution in [0.3, 0.4) is 0 Å². The zero-order chi connectivity index (χ0) is 16.0. The number of hydrogen-bond acceptors (Lipinski definition) is 7. The molecule has 21 heavy (non-hydrogen) atoms. The highest BCUT2D eigenvalue weighted by molar-refractivity contribution is 5.90. The summed E-state index contributed by atoms with van der Waals surface area (Å²) in [6.45, 7) is -0.442. The number of methoxy groups -OCH3 is 2. The number of nitro groups is 1. The van der Waals surface area contributed by atoms with Crippen molar-refractivity contribution in [3.8, 4) is 11.5 Å². The number of carbonyl (C=O) groups is 2. The normalized spacial score (nSPS) is 9.81. The molecular weight excluding hydrogens is 286 g/mol. The van der Waals surface area contributed by atoms with E-state index >= 15 is 0 Å². The molecular formula is C12H13NO8. The number of esters is 1. The van der Waals surface area contributed by atoms with Gasteiger partial charge in [0.05, 0.1) is 30.8 Å². The van der Waals surface area contributed by atoms with Crippen LogP contribution in [-0.2, 0) is 20.9 Å². The molecule has 0 saturated heterocycles. The van der Waals surface area contributed by atoms with Crippen molar-refractivity contribution < 1.29 is 33.8 Å². The van der Waals surface area contributed by atoms with Gasteiger partial charge in [-0.25, -0.2) is 0 Å². The number of carbonyl (C=O) groups excluding carboxylic acids is 1. The first kappa shape index (κ1) is 16.2. The number of benzene rings is 1. The molecule has 1 rings (SSSR count). The number of nitrogens with zero attached hydrogens (tertiary/aromatic N) is 1. The van der Waals surface area contributed by atoms with E-state index in [9.17, 15) is 19.7 Å². The van der Waals surface area contributed by atoms with Crippen molar-refractivity contribution in [1.82, 2.24) is 0 Å². The van der Waals surface area contributed by atoms with E-state index in [1.54, 1.807) is 0 Å². The third-order valence-electron chi connectivity index (χ3n) is 2.47. The zero-order valence-corrected chi connectivity index (χ0v) is 11.3. The SMILES string of the molecule is COc1cc(COC(=O)CC(=O)O)c([N+](=O)[O-])cc1OC. The maximum absolute atomic E-state index is 11.2. The Bertz CT molecular complexity index is 569. The summed E-state index contributed by atoms with van der Waals surface area (Å²) in [5.41, 5.74) is -0.257. The Hall–Kier alpha value is -2.84. The Morgan fingerprint density at radius 2 is 1.81 bits per heavy atom. The van der Waals surface area contributed by atoms with E-state index < -0.39 is 29.9 Å². The smallest absolute Gasteiger partial charge is 0.317 e. The predicted molar refractivity (Wildman–Crippen MR) is 68.2 cm³/mol. The van der Waals surface area contributed by atoms with Gasteiger partial charge in [-0.2, -0.15) is 0 Å². The monoisotopic (exact) mass is 299 g/mol. The van der Waals surface area contributed by atoms with Crippen molar-refractivity contribution in [3.05, 3.63) is 27.8 Å². The molecule has 1 N–H and O–H groups in total. The fourth-order valence-electron chi connectivity index (χ4n) is 1.53. The van der Waals surface area contributed by atoms with Gasteiger partial charge in [-0.3, -0.25) is 19.7 Å². The summed E-state index contributed by atoms with van der Waals surface area (Å²) >= 11 is 0. The highest BCUT2D eigenvalue weighted by atomic mass is 16.6. The van der Waals surface area contributed by atoms with Gasteiger partial charge in [0.2, 0.25) is 0 Å². The van der Waals surface area contributed by atoms with E-state index in [-0.39, 0.29) is 22.7 Å². The molecule has 0 atom stereocenters. The molecule has 1 aromatic carbocycles. The predicted octanol–water partition coefficient (Wildman–Crippen LogP) is 1.13. The van der Waals surface area contributed by atoms with Gasteiger partial charge in [0.25, 0.3) is 5.69 Å². The average molecular weight is 299 g/mol. The minimum Gasteiger partial charge on any atom is -0.493 e. The number of carboxylic acids is 1. The molecule has 0 aliphatic heterocycles. The van der Waals surface area contributed by atoms with Crippen LogP contribution >= 0.6 is 0 Å². The van der Waals surface area contributed by atoms with Crippen LogP contribution in [0.5, 0.6) is 11.5 Å². The van der Waals surface area contributed by atoms with Crippen LogP contribution in [0.1, 0.15) is 12.0 Å². The lowest BCUT2D eigenvalue weighted by atomic mass is 10.1. The second kappa shape index (κ2) is 7.08. The fourth-order valence-corrected chi connectivity index (χ4v) is 1.53. The van der Waals surface area contributed by atoms with Crippen molar-refractivity contribution in [2.75, 3.05) is 14.2 Å². The first-order valence-corrected chi connectivity index (χ1v) is 5.65. The minimum absolute atomic E-state index is 0.0661. The van der Waals surface area contributed by atoms with Crippen molar-refractivity contribution in [2.45, 2.75) is 13.0 Å². The summed E-state index contributed by atoms with van der Waals surface area (Å²) in [6, 6.07) is 2.43. The minimum atomic E-state index is -1.35. The van der Waals surface area contributed by atoms with Crippen LogP contribution in [0.15, 0.2) is 12.1 Å². The fraction of sp³-hybridized carbons (Fsp3) is 0.333. The van der Waals surface area contributed by atoms with Crippen molar-refractivity contribution in [3.63, 3.8) is 0 Å². The summed E-state index contributed by atoms with van der Waals surface area (Å²) in [7, 11) is 2.68. The van der Waals surface area contributed by atoms with E-state index in [0.717, 1.165) is 6.07 Å². The van der Waals surface area contributed by atoms with Crippen LogP contribution in [0, 0.1) is 10.1 Å². The second-order valence-electron chi connectivity index (χ2n) is 3.82. The molecule has 0 radical (unpaired) electrons. The summed E-state index contributed by atoms with van der Waals surface area (Å²) in [6.07, 6.45) is -0.818. The van der Waals surface area contributed by atoms with Crippen LogP contribution in [0.4, 0.5) is 5.69 Å². The molecule has 0 spiro atoms. The number of ether oxygens (including phenoxy) is 3. The van der Waals surface area contributed by atoms with Gasteiger partial charge in [0.15, 0.2) is 11.5 Å². The largest absolute Gasteiger partial charge is 0.493 e. The topological polar surface area (TPSA) is 125 Å². The first-order valence-electron chi connectivity index (χ1n) is 5.65. The molecule has 0 aromatic heterocycles. The molecule has 0 fully saturated rings. The van der Waals surface area contributed by atoms with Crippen molar-refractivity contribution >= 4 is 17.6 Å².